The summed E-state index contributed by atoms with van der Waals surface area (Å²) in [4.78, 5) is 0. The number of hydrogen-bond donors (Lipinski definition) is 1. The first kappa shape index (κ1) is 12.0. The summed E-state index contributed by atoms with van der Waals surface area (Å²) >= 11 is 0. The smallest absolute Gasteiger partial charge is 0.129 e. The van der Waals surface area contributed by atoms with Crippen LogP contribution in [0.3, 0.4) is 0 Å². The number of ether oxygens (including phenoxy) is 1. The molecule has 1 rings (SSSR count). The quantitative estimate of drug-likeness (QED) is 0.756. The van der Waals surface area contributed by atoms with Gasteiger partial charge in [-0.05, 0) is 18.6 Å². The Kier molecular flexibility index (Phi) is 4.56. The second-order valence-electron chi connectivity index (χ2n) is 3.87. The average Bonchev–Trinajstić information content (AvgIpc) is 2.18. The Bertz CT molecular complexity index is 312. The highest BCUT2D eigenvalue weighted by molar-refractivity contribution is 5.27. The van der Waals surface area contributed by atoms with Gasteiger partial charge in [0.2, 0.25) is 0 Å². The average molecular weight is 211 g/mol. The van der Waals surface area contributed by atoms with E-state index in [1.165, 1.54) is 6.07 Å². The second kappa shape index (κ2) is 5.71. The number of aryl methyl sites for hydroxylation is 1. The van der Waals surface area contributed by atoms with E-state index >= 15 is 0 Å². The maximum atomic E-state index is 13.1. The summed E-state index contributed by atoms with van der Waals surface area (Å²) < 4.78 is 18.5. The maximum Gasteiger partial charge on any atom is 0.129 e. The predicted molar refractivity (Wildman–Crippen MR) is 59.8 cm³/mol. The van der Waals surface area contributed by atoms with E-state index in [0.29, 0.717) is 24.0 Å². The molecule has 0 unspecified atom stereocenters. The van der Waals surface area contributed by atoms with Gasteiger partial charge in [-0.3, -0.25) is 0 Å². The Balaban J connectivity index is 2.35. The molecule has 0 bridgehead atoms. The lowest BCUT2D eigenvalue weighted by atomic mass is 10.2. The summed E-state index contributed by atoms with van der Waals surface area (Å²) in [5.74, 6) is 0.368. The monoisotopic (exact) mass is 211 g/mol. The van der Waals surface area contributed by atoms with Crippen molar-refractivity contribution < 1.29 is 9.13 Å². The zero-order valence-corrected chi connectivity index (χ0v) is 9.51. The molecular formula is C12H18FNO. The maximum absolute atomic E-state index is 13.1. The molecule has 84 valence electrons. The first-order chi connectivity index (χ1) is 7.09. The summed E-state index contributed by atoms with van der Waals surface area (Å²) in [6, 6.07) is 5.38. The third kappa shape index (κ3) is 4.30. The minimum Gasteiger partial charge on any atom is -0.492 e. The van der Waals surface area contributed by atoms with Crippen LogP contribution in [0.4, 0.5) is 4.39 Å². The van der Waals surface area contributed by atoms with Gasteiger partial charge in [0.25, 0.3) is 0 Å². The topological polar surface area (TPSA) is 21.3 Å². The lowest BCUT2D eigenvalue weighted by Crippen LogP contribution is -2.27. The third-order valence-corrected chi connectivity index (χ3v) is 2.07. The van der Waals surface area contributed by atoms with Crippen LogP contribution in [0.2, 0.25) is 0 Å². The molecule has 0 aliphatic carbocycles. The van der Waals surface area contributed by atoms with Crippen LogP contribution in [0, 0.1) is 12.7 Å². The molecular weight excluding hydrogens is 193 g/mol. The molecule has 0 aliphatic heterocycles. The van der Waals surface area contributed by atoms with E-state index in [0.717, 1.165) is 6.54 Å². The second-order valence-corrected chi connectivity index (χ2v) is 3.87. The molecule has 0 spiro atoms. The van der Waals surface area contributed by atoms with E-state index in [4.69, 9.17) is 4.74 Å². The molecule has 0 radical (unpaired) electrons. The molecule has 2 nitrogen and oxygen atoms in total. The number of benzene rings is 1. The summed E-state index contributed by atoms with van der Waals surface area (Å²) in [7, 11) is 0. The van der Waals surface area contributed by atoms with Crippen LogP contribution >= 0.6 is 0 Å². The summed E-state index contributed by atoms with van der Waals surface area (Å²) in [6.07, 6.45) is 0. The molecule has 0 aromatic heterocycles. The van der Waals surface area contributed by atoms with Crippen molar-refractivity contribution in [1.82, 2.24) is 5.32 Å². The highest BCUT2D eigenvalue weighted by atomic mass is 19.1. The fraction of sp³-hybridized carbons (Fsp3) is 0.500. The fourth-order valence-electron chi connectivity index (χ4n) is 1.18. The van der Waals surface area contributed by atoms with Gasteiger partial charge in [-0.15, -0.1) is 0 Å². The van der Waals surface area contributed by atoms with Crippen LogP contribution in [0.5, 0.6) is 5.75 Å². The molecule has 0 heterocycles. The normalized spacial score (nSPS) is 10.7. The lowest BCUT2D eigenvalue weighted by molar-refractivity contribution is 0.307. The Hall–Kier alpha value is -1.09. The summed E-state index contributed by atoms with van der Waals surface area (Å²) in [5.41, 5.74) is 0.641. The number of nitrogens with one attached hydrogen (secondary N) is 1. The van der Waals surface area contributed by atoms with Crippen molar-refractivity contribution in [2.24, 2.45) is 0 Å². The van der Waals surface area contributed by atoms with Gasteiger partial charge >= 0.3 is 0 Å². The molecule has 15 heavy (non-hydrogen) atoms. The van der Waals surface area contributed by atoms with E-state index < -0.39 is 0 Å². The minimum absolute atomic E-state index is 0.218. The molecule has 0 amide bonds. The van der Waals surface area contributed by atoms with Gasteiger partial charge in [0, 0.05) is 18.7 Å². The number of hydrogen-bond acceptors (Lipinski definition) is 2. The van der Waals surface area contributed by atoms with Gasteiger partial charge in [-0.1, -0.05) is 19.9 Å². The van der Waals surface area contributed by atoms with Gasteiger partial charge < -0.3 is 10.1 Å². The van der Waals surface area contributed by atoms with Gasteiger partial charge in [0.1, 0.15) is 18.2 Å². The van der Waals surface area contributed by atoms with Crippen LogP contribution in [0.1, 0.15) is 19.4 Å². The Morgan fingerprint density at radius 2 is 2.13 bits per heavy atom. The van der Waals surface area contributed by atoms with E-state index in [9.17, 15) is 4.39 Å². The highest BCUT2D eigenvalue weighted by Crippen LogP contribution is 2.15. The van der Waals surface area contributed by atoms with Crippen LogP contribution in [0.15, 0.2) is 18.2 Å². The SMILES string of the molecule is Cc1ccc(OCCNC(C)C)cc1F. The standard InChI is InChI=1S/C12H18FNO/c1-9(2)14-6-7-15-11-5-4-10(3)12(13)8-11/h4-5,8-9,14H,6-7H2,1-3H3. The molecule has 1 aromatic rings. The zero-order chi connectivity index (χ0) is 11.3. The summed E-state index contributed by atoms with van der Waals surface area (Å²) in [5, 5.41) is 3.22. The molecule has 3 heteroatoms. The minimum atomic E-state index is -0.218. The van der Waals surface area contributed by atoms with Crippen molar-refractivity contribution in [3.05, 3.63) is 29.6 Å². The molecule has 0 atom stereocenters. The van der Waals surface area contributed by atoms with Gasteiger partial charge in [-0.25, -0.2) is 4.39 Å². The summed E-state index contributed by atoms with van der Waals surface area (Å²) in [6.45, 7) is 7.21. The van der Waals surface area contributed by atoms with Crippen molar-refractivity contribution in [1.29, 1.82) is 0 Å². The lowest BCUT2D eigenvalue weighted by Gasteiger charge is -2.10. The molecule has 1 aromatic carbocycles. The van der Waals surface area contributed by atoms with E-state index in [2.05, 4.69) is 19.2 Å². The van der Waals surface area contributed by atoms with Crippen molar-refractivity contribution >= 4 is 0 Å². The highest BCUT2D eigenvalue weighted by Gasteiger charge is 2.00. The predicted octanol–water partition coefficient (Wildman–Crippen LogP) is 2.51. The Morgan fingerprint density at radius 1 is 1.40 bits per heavy atom. The van der Waals surface area contributed by atoms with Crippen LogP contribution in [-0.4, -0.2) is 19.2 Å². The van der Waals surface area contributed by atoms with Crippen molar-refractivity contribution in [2.45, 2.75) is 26.8 Å². The number of rotatable bonds is 5. The van der Waals surface area contributed by atoms with Gasteiger partial charge in [-0.2, -0.15) is 0 Å². The molecule has 0 saturated heterocycles. The molecule has 0 fully saturated rings. The molecule has 0 aliphatic rings. The van der Waals surface area contributed by atoms with E-state index in [-0.39, 0.29) is 5.82 Å². The van der Waals surface area contributed by atoms with Crippen LogP contribution < -0.4 is 10.1 Å². The van der Waals surface area contributed by atoms with Crippen LogP contribution in [0.25, 0.3) is 0 Å². The van der Waals surface area contributed by atoms with Crippen molar-refractivity contribution in [3.8, 4) is 5.75 Å². The Morgan fingerprint density at radius 3 is 2.73 bits per heavy atom. The molecule has 0 saturated carbocycles. The van der Waals surface area contributed by atoms with E-state index in [1.54, 1.807) is 19.1 Å². The van der Waals surface area contributed by atoms with Crippen LogP contribution in [-0.2, 0) is 0 Å². The van der Waals surface area contributed by atoms with Crippen molar-refractivity contribution in [3.63, 3.8) is 0 Å². The third-order valence-electron chi connectivity index (χ3n) is 2.07. The zero-order valence-electron chi connectivity index (χ0n) is 9.51. The Labute approximate surface area is 90.4 Å². The first-order valence-corrected chi connectivity index (χ1v) is 5.22. The van der Waals surface area contributed by atoms with E-state index in [1.807, 2.05) is 0 Å². The first-order valence-electron chi connectivity index (χ1n) is 5.22. The van der Waals surface area contributed by atoms with Crippen molar-refractivity contribution in [2.75, 3.05) is 13.2 Å². The molecule has 1 N–H and O–H groups in total. The van der Waals surface area contributed by atoms with Gasteiger partial charge in [0.05, 0.1) is 0 Å². The fourth-order valence-corrected chi connectivity index (χ4v) is 1.18. The van der Waals surface area contributed by atoms with Gasteiger partial charge in [0.15, 0.2) is 0 Å². The largest absolute Gasteiger partial charge is 0.492 e. The number of halogens is 1.